The van der Waals surface area contributed by atoms with Crippen molar-refractivity contribution in [2.24, 2.45) is 0 Å². The molecule has 0 fully saturated rings. The number of rotatable bonds is 5. The minimum absolute atomic E-state index is 0.328. The Hall–Kier alpha value is -1.29. The molecule has 0 amide bonds. The Morgan fingerprint density at radius 2 is 2.05 bits per heavy atom. The largest absolute Gasteiger partial charge is 0.382 e. The summed E-state index contributed by atoms with van der Waals surface area (Å²) in [6, 6.07) is 6.93. The molecular weight excluding hydrogens is 286 g/mol. The van der Waals surface area contributed by atoms with Gasteiger partial charge in [-0.1, -0.05) is 11.6 Å². The predicted molar refractivity (Wildman–Crippen MR) is 76.7 cm³/mol. The predicted octanol–water partition coefficient (Wildman–Crippen LogP) is 1.95. The molecule has 5 nitrogen and oxygen atoms in total. The van der Waals surface area contributed by atoms with E-state index in [2.05, 4.69) is 10.0 Å². The second-order valence-electron chi connectivity index (χ2n) is 4.91. The van der Waals surface area contributed by atoms with E-state index >= 15 is 0 Å². The quantitative estimate of drug-likeness (QED) is 0.871. The Morgan fingerprint density at radius 1 is 1.42 bits per heavy atom. The number of halogens is 1. The average Bonchev–Trinajstić information content (AvgIpc) is 2.23. The molecule has 0 aliphatic rings. The number of hydrogen-bond donors (Lipinski definition) is 2. The molecule has 0 radical (unpaired) electrons. The van der Waals surface area contributed by atoms with Gasteiger partial charge in [-0.25, -0.2) is 13.1 Å². The van der Waals surface area contributed by atoms with Gasteiger partial charge in [-0.2, -0.15) is 5.26 Å². The Bertz CT molecular complexity index is 606. The van der Waals surface area contributed by atoms with Crippen molar-refractivity contribution in [2.75, 3.05) is 18.1 Å². The van der Waals surface area contributed by atoms with E-state index in [1.807, 2.05) is 6.07 Å². The lowest BCUT2D eigenvalue weighted by Crippen LogP contribution is -2.47. The van der Waals surface area contributed by atoms with Crippen LogP contribution < -0.4 is 10.0 Å². The molecule has 0 aromatic heterocycles. The summed E-state index contributed by atoms with van der Waals surface area (Å²) in [7, 11) is -3.29. The summed E-state index contributed by atoms with van der Waals surface area (Å²) in [6.45, 7) is 3.82. The molecule has 1 rings (SSSR count). The normalized spacial score (nSPS) is 11.9. The second-order valence-corrected chi connectivity index (χ2v) is 7.10. The van der Waals surface area contributed by atoms with Gasteiger partial charge in [-0.05, 0) is 32.0 Å². The summed E-state index contributed by atoms with van der Waals surface area (Å²) in [4.78, 5) is 0. The summed E-state index contributed by atoms with van der Waals surface area (Å²) in [5.74, 6) is 0. The van der Waals surface area contributed by atoms with Gasteiger partial charge in [-0.3, -0.25) is 0 Å². The van der Waals surface area contributed by atoms with E-state index in [0.29, 0.717) is 22.8 Å². The van der Waals surface area contributed by atoms with E-state index in [1.54, 1.807) is 32.0 Å². The molecule has 0 aliphatic heterocycles. The molecule has 0 heterocycles. The molecule has 2 N–H and O–H groups in total. The van der Waals surface area contributed by atoms with Gasteiger partial charge in [0.25, 0.3) is 0 Å². The van der Waals surface area contributed by atoms with Crippen LogP contribution in [0.2, 0.25) is 5.02 Å². The third kappa shape index (κ3) is 5.47. The zero-order valence-electron chi connectivity index (χ0n) is 11.0. The van der Waals surface area contributed by atoms with Crippen molar-refractivity contribution in [3.63, 3.8) is 0 Å². The maximum absolute atomic E-state index is 11.2. The number of nitrogens with zero attached hydrogens (tertiary/aromatic N) is 1. The van der Waals surface area contributed by atoms with E-state index in [4.69, 9.17) is 16.9 Å². The maximum atomic E-state index is 11.2. The summed E-state index contributed by atoms with van der Waals surface area (Å²) in [6.07, 6.45) is 1.11. The highest BCUT2D eigenvalue weighted by Crippen LogP contribution is 2.21. The number of hydrogen-bond acceptors (Lipinski definition) is 4. The molecule has 0 spiro atoms. The smallest absolute Gasteiger partial charge is 0.209 e. The molecular formula is C12H16ClN3O2S. The van der Waals surface area contributed by atoms with Crippen LogP contribution in [0.3, 0.4) is 0 Å². The Labute approximate surface area is 118 Å². The molecule has 0 aliphatic carbocycles. The summed E-state index contributed by atoms with van der Waals surface area (Å²) in [5, 5.41) is 12.5. The number of sulfonamides is 1. The summed E-state index contributed by atoms with van der Waals surface area (Å²) in [5.41, 5.74) is 0.362. The van der Waals surface area contributed by atoms with Gasteiger partial charge in [0, 0.05) is 17.1 Å². The monoisotopic (exact) mass is 301 g/mol. The minimum atomic E-state index is -3.29. The average molecular weight is 302 g/mol. The SMILES string of the molecule is CC(C)(CNc1cc(Cl)ccc1C#N)NS(C)(=O)=O. The highest BCUT2D eigenvalue weighted by atomic mass is 35.5. The van der Waals surface area contributed by atoms with Crippen molar-refractivity contribution >= 4 is 27.3 Å². The first-order valence-corrected chi connectivity index (χ1v) is 7.82. The fourth-order valence-corrected chi connectivity index (χ4v) is 2.86. The van der Waals surface area contributed by atoms with E-state index in [9.17, 15) is 8.42 Å². The standard InChI is InChI=1S/C12H16ClN3O2S/c1-12(2,16-19(3,17)18)8-15-11-6-10(13)5-4-9(11)7-14/h4-6,15-16H,8H2,1-3H3. The molecule has 0 saturated carbocycles. The lowest BCUT2D eigenvalue weighted by molar-refractivity contribution is 0.476. The van der Waals surface area contributed by atoms with Crippen LogP contribution in [0.15, 0.2) is 18.2 Å². The van der Waals surface area contributed by atoms with Gasteiger partial charge < -0.3 is 5.32 Å². The molecule has 19 heavy (non-hydrogen) atoms. The fraction of sp³-hybridized carbons (Fsp3) is 0.417. The van der Waals surface area contributed by atoms with Crippen molar-refractivity contribution < 1.29 is 8.42 Å². The van der Waals surface area contributed by atoms with Gasteiger partial charge in [0.2, 0.25) is 10.0 Å². The van der Waals surface area contributed by atoms with Crippen LogP contribution in [-0.4, -0.2) is 26.8 Å². The Balaban J connectivity index is 2.82. The first-order chi connectivity index (χ1) is 8.63. The Kier molecular flexibility index (Phi) is 4.80. The number of nitriles is 1. The van der Waals surface area contributed by atoms with Crippen LogP contribution >= 0.6 is 11.6 Å². The molecule has 1 aromatic rings. The van der Waals surface area contributed by atoms with Gasteiger partial charge in [-0.15, -0.1) is 0 Å². The van der Waals surface area contributed by atoms with E-state index in [-0.39, 0.29) is 0 Å². The summed E-state index contributed by atoms with van der Waals surface area (Å²) >= 11 is 5.87. The summed E-state index contributed by atoms with van der Waals surface area (Å²) < 4.78 is 25.0. The number of anilines is 1. The molecule has 7 heteroatoms. The van der Waals surface area contributed by atoms with Crippen LogP contribution in [0.1, 0.15) is 19.4 Å². The van der Waals surface area contributed by atoms with Crippen molar-refractivity contribution in [3.05, 3.63) is 28.8 Å². The lowest BCUT2D eigenvalue weighted by atomic mass is 10.1. The highest BCUT2D eigenvalue weighted by Gasteiger charge is 2.22. The van der Waals surface area contributed by atoms with Crippen LogP contribution in [0.25, 0.3) is 0 Å². The lowest BCUT2D eigenvalue weighted by Gasteiger charge is -2.26. The minimum Gasteiger partial charge on any atom is -0.382 e. The van der Waals surface area contributed by atoms with Gasteiger partial charge in [0.1, 0.15) is 6.07 Å². The van der Waals surface area contributed by atoms with Crippen molar-refractivity contribution in [1.29, 1.82) is 5.26 Å². The number of benzene rings is 1. The van der Waals surface area contributed by atoms with Crippen molar-refractivity contribution in [2.45, 2.75) is 19.4 Å². The zero-order valence-corrected chi connectivity index (χ0v) is 12.6. The first kappa shape index (κ1) is 15.8. The maximum Gasteiger partial charge on any atom is 0.209 e. The van der Waals surface area contributed by atoms with Gasteiger partial charge in [0.05, 0.1) is 17.5 Å². The Morgan fingerprint density at radius 3 is 2.58 bits per heavy atom. The molecule has 0 unspecified atom stereocenters. The third-order valence-corrected chi connectivity index (χ3v) is 3.44. The van der Waals surface area contributed by atoms with E-state index in [0.717, 1.165) is 6.26 Å². The highest BCUT2D eigenvalue weighted by molar-refractivity contribution is 7.88. The molecule has 0 atom stereocenters. The molecule has 1 aromatic carbocycles. The van der Waals surface area contributed by atoms with Crippen molar-refractivity contribution in [1.82, 2.24) is 4.72 Å². The van der Waals surface area contributed by atoms with Gasteiger partial charge in [0.15, 0.2) is 0 Å². The third-order valence-electron chi connectivity index (χ3n) is 2.28. The molecule has 0 bridgehead atoms. The van der Waals surface area contributed by atoms with Crippen LogP contribution in [0, 0.1) is 11.3 Å². The van der Waals surface area contributed by atoms with Crippen LogP contribution in [0.4, 0.5) is 5.69 Å². The molecule has 0 saturated heterocycles. The fourth-order valence-electron chi connectivity index (χ4n) is 1.61. The van der Waals surface area contributed by atoms with Crippen LogP contribution in [0.5, 0.6) is 0 Å². The molecule has 104 valence electrons. The first-order valence-electron chi connectivity index (χ1n) is 5.55. The zero-order chi connectivity index (χ0) is 14.7. The van der Waals surface area contributed by atoms with Gasteiger partial charge >= 0.3 is 0 Å². The number of nitrogens with one attached hydrogen (secondary N) is 2. The topological polar surface area (TPSA) is 82.0 Å². The van der Waals surface area contributed by atoms with E-state index in [1.165, 1.54) is 0 Å². The van der Waals surface area contributed by atoms with Crippen molar-refractivity contribution in [3.8, 4) is 6.07 Å². The van der Waals surface area contributed by atoms with E-state index < -0.39 is 15.6 Å². The van der Waals surface area contributed by atoms with Crippen LogP contribution in [-0.2, 0) is 10.0 Å². The second kappa shape index (κ2) is 5.78.